The minimum absolute atomic E-state index is 0.0246. The fourth-order valence-electron chi connectivity index (χ4n) is 4.02. The number of rotatable bonds is 6. The predicted octanol–water partition coefficient (Wildman–Crippen LogP) is 5.52. The molecular weight excluding hydrogens is 434 g/mol. The number of nitrogens with zero attached hydrogens (tertiary/aromatic N) is 6. The van der Waals surface area contributed by atoms with E-state index in [0.717, 1.165) is 29.2 Å². The van der Waals surface area contributed by atoms with Crippen LogP contribution in [0.1, 0.15) is 68.1 Å². The molecule has 1 N–H and O–H groups in total. The second-order valence-electron chi connectivity index (χ2n) is 9.31. The average molecular weight is 460 g/mol. The van der Waals surface area contributed by atoms with Crippen molar-refractivity contribution in [2.75, 3.05) is 5.32 Å². The van der Waals surface area contributed by atoms with Gasteiger partial charge in [0.1, 0.15) is 23.8 Å². The lowest BCUT2D eigenvalue weighted by molar-refractivity contribution is 0.0235. The lowest BCUT2D eigenvalue weighted by Crippen LogP contribution is -2.29. The fourth-order valence-corrected chi connectivity index (χ4v) is 4.02. The van der Waals surface area contributed by atoms with E-state index in [0.29, 0.717) is 28.8 Å². The van der Waals surface area contributed by atoms with Gasteiger partial charge < -0.3 is 14.8 Å². The van der Waals surface area contributed by atoms with Crippen molar-refractivity contribution in [3.05, 3.63) is 57.9 Å². The van der Waals surface area contributed by atoms with E-state index < -0.39 is 5.54 Å². The zero-order valence-electron chi connectivity index (χ0n) is 19.4. The number of hydrogen-bond donors (Lipinski definition) is 1. The van der Waals surface area contributed by atoms with E-state index in [1.54, 1.807) is 24.5 Å². The molecule has 10 heteroatoms. The zero-order chi connectivity index (χ0) is 24.0. The average Bonchev–Trinajstić information content (AvgIpc) is 3.61. The minimum Gasteiger partial charge on any atom is -0.474 e. The van der Waals surface area contributed by atoms with Gasteiger partial charge in [-0.15, -0.1) is 0 Å². The van der Waals surface area contributed by atoms with Gasteiger partial charge in [0.15, 0.2) is 0 Å². The molecule has 0 radical (unpaired) electrons. The first-order chi connectivity index (χ1) is 16.3. The van der Waals surface area contributed by atoms with Gasteiger partial charge in [-0.05, 0) is 54.4 Å². The van der Waals surface area contributed by atoms with Crippen LogP contribution in [0.3, 0.4) is 0 Å². The predicted molar refractivity (Wildman–Crippen MR) is 126 cm³/mol. The summed E-state index contributed by atoms with van der Waals surface area (Å²) in [6, 6.07) is 5.33. The summed E-state index contributed by atoms with van der Waals surface area (Å²) in [4.78, 5) is 28.9. The third-order valence-electron chi connectivity index (χ3n) is 6.32. The van der Waals surface area contributed by atoms with Crippen LogP contribution in [-0.2, 0) is 10.3 Å². The van der Waals surface area contributed by atoms with Crippen molar-refractivity contribution >= 4 is 28.4 Å². The summed E-state index contributed by atoms with van der Waals surface area (Å²) in [5, 5.41) is 8.78. The molecular formula is C24H25N7O3. The largest absolute Gasteiger partial charge is 0.474 e. The first-order valence-corrected chi connectivity index (χ1v) is 11.3. The number of pyridine rings is 3. The zero-order valence-corrected chi connectivity index (χ0v) is 19.4. The number of hydrogen-bond acceptors (Lipinski definition) is 8. The first-order valence-electron chi connectivity index (χ1n) is 11.3. The van der Waals surface area contributed by atoms with E-state index in [1.807, 2.05) is 33.8 Å². The third kappa shape index (κ3) is 3.97. The summed E-state index contributed by atoms with van der Waals surface area (Å²) in [5.41, 5.74) is 10.2. The summed E-state index contributed by atoms with van der Waals surface area (Å²) < 4.78 is 11.4. The number of aromatic nitrogens is 3. The van der Waals surface area contributed by atoms with E-state index in [2.05, 4.69) is 30.3 Å². The summed E-state index contributed by atoms with van der Waals surface area (Å²) in [5.74, 6) is 1.26. The van der Waals surface area contributed by atoms with Crippen LogP contribution in [-0.4, -0.2) is 33.1 Å². The molecule has 174 valence electrons. The highest BCUT2D eigenvalue weighted by Gasteiger charge is 2.32. The molecule has 34 heavy (non-hydrogen) atoms. The Balaban J connectivity index is 1.56. The molecule has 0 unspecified atom stereocenters. The summed E-state index contributed by atoms with van der Waals surface area (Å²) in [6.07, 6.45) is 5.36. The Labute approximate surface area is 196 Å². The first kappa shape index (κ1) is 21.9. The van der Waals surface area contributed by atoms with Crippen molar-refractivity contribution in [1.29, 1.82) is 0 Å². The second kappa shape index (κ2) is 8.14. The highest BCUT2D eigenvalue weighted by atomic mass is 16.5. The lowest BCUT2D eigenvalue weighted by atomic mass is 9.92. The quantitative estimate of drug-likeness (QED) is 0.222. The topological polar surface area (TPSA) is 135 Å². The number of azide groups is 1. The second-order valence-corrected chi connectivity index (χ2v) is 9.31. The van der Waals surface area contributed by atoms with Crippen LogP contribution < -0.4 is 10.1 Å². The van der Waals surface area contributed by atoms with Crippen molar-refractivity contribution in [3.63, 3.8) is 0 Å². The molecule has 0 amide bonds. The molecule has 0 spiro atoms. The Morgan fingerprint density at radius 1 is 1.18 bits per heavy atom. The van der Waals surface area contributed by atoms with Gasteiger partial charge in [0.25, 0.3) is 0 Å². The fraction of sp³-hybridized carbons (Fsp3) is 0.417. The number of ether oxygens (including phenoxy) is 2. The summed E-state index contributed by atoms with van der Waals surface area (Å²) in [6.45, 7) is 7.52. The number of fused-ring (bicyclic) bond motifs is 2. The van der Waals surface area contributed by atoms with Gasteiger partial charge in [0.05, 0.1) is 22.2 Å². The normalized spacial score (nSPS) is 19.7. The van der Waals surface area contributed by atoms with Gasteiger partial charge in [-0.2, -0.15) is 0 Å². The molecule has 4 heterocycles. The van der Waals surface area contributed by atoms with E-state index in [9.17, 15) is 4.79 Å². The van der Waals surface area contributed by atoms with Crippen molar-refractivity contribution in [2.24, 2.45) is 5.11 Å². The van der Waals surface area contributed by atoms with Gasteiger partial charge in [-0.3, -0.25) is 0 Å². The number of esters is 1. The lowest BCUT2D eigenvalue weighted by Gasteiger charge is -2.27. The van der Waals surface area contributed by atoms with E-state index in [-0.39, 0.29) is 24.1 Å². The molecule has 3 aromatic rings. The summed E-state index contributed by atoms with van der Waals surface area (Å²) in [7, 11) is 0. The van der Waals surface area contributed by atoms with Crippen molar-refractivity contribution in [3.8, 4) is 5.88 Å². The van der Waals surface area contributed by atoms with Crippen LogP contribution in [0.5, 0.6) is 5.88 Å². The van der Waals surface area contributed by atoms with Crippen LogP contribution >= 0.6 is 0 Å². The Morgan fingerprint density at radius 2 is 1.97 bits per heavy atom. The van der Waals surface area contributed by atoms with E-state index >= 15 is 0 Å². The van der Waals surface area contributed by atoms with E-state index in [4.69, 9.17) is 15.0 Å². The smallest absolute Gasteiger partial charge is 0.340 e. The number of nitrogens with one attached hydrogen (secondary N) is 1. The molecule has 0 saturated heterocycles. The van der Waals surface area contributed by atoms with Crippen molar-refractivity contribution in [1.82, 2.24) is 15.0 Å². The molecule has 1 fully saturated rings. The van der Waals surface area contributed by atoms with Gasteiger partial charge >= 0.3 is 5.97 Å². The maximum atomic E-state index is 12.2. The molecule has 0 bridgehead atoms. The molecule has 0 aromatic carbocycles. The van der Waals surface area contributed by atoms with Crippen LogP contribution in [0, 0.1) is 0 Å². The number of carbonyl (C=O) groups excluding carboxylic acids is 1. The SMILES string of the molecule is C[C@@H]1OC(=O)c2ccc(Nc3cc4c(C(C)(C)N=[N+]=[N-])cnc(OC5CC5)c4cn3)nc2[C@H]1C. The van der Waals surface area contributed by atoms with Crippen molar-refractivity contribution < 1.29 is 14.3 Å². The number of carbonyl (C=O) groups is 1. The molecule has 1 aliphatic carbocycles. The monoisotopic (exact) mass is 459 g/mol. The van der Waals surface area contributed by atoms with Gasteiger partial charge in [-0.1, -0.05) is 25.9 Å². The molecule has 1 saturated carbocycles. The Bertz CT molecular complexity index is 1350. The van der Waals surface area contributed by atoms with Gasteiger partial charge in [0, 0.05) is 23.2 Å². The number of cyclic esters (lactones) is 1. The van der Waals surface area contributed by atoms with Crippen molar-refractivity contribution in [2.45, 2.75) is 64.2 Å². The highest BCUT2D eigenvalue weighted by Crippen LogP contribution is 2.38. The van der Waals surface area contributed by atoms with Crippen LogP contribution in [0.4, 0.5) is 11.6 Å². The minimum atomic E-state index is -0.827. The van der Waals surface area contributed by atoms with Gasteiger partial charge in [-0.25, -0.2) is 19.7 Å². The Hall–Kier alpha value is -3.91. The van der Waals surface area contributed by atoms with Crippen LogP contribution in [0.2, 0.25) is 0 Å². The number of anilines is 2. The van der Waals surface area contributed by atoms with Crippen LogP contribution in [0.25, 0.3) is 21.2 Å². The Morgan fingerprint density at radius 3 is 2.71 bits per heavy atom. The standard InChI is InChI=1S/C24H25N7O3/c1-12-13(2)33-23(32)15-7-8-19(29-21(12)15)28-20-9-16-17(10-26-20)22(34-14-5-6-14)27-11-18(16)24(3,4)30-31-25/h7-14H,5-6H2,1-4H3,(H,26,28,29)/t12-,13-/m0/s1. The molecule has 3 aromatic heterocycles. The highest BCUT2D eigenvalue weighted by molar-refractivity contribution is 5.93. The molecule has 5 rings (SSSR count). The maximum Gasteiger partial charge on any atom is 0.340 e. The molecule has 2 aliphatic rings. The molecule has 1 aliphatic heterocycles. The molecule has 10 nitrogen and oxygen atoms in total. The Kier molecular flexibility index (Phi) is 5.25. The van der Waals surface area contributed by atoms with Crippen LogP contribution in [0.15, 0.2) is 35.7 Å². The van der Waals surface area contributed by atoms with Gasteiger partial charge in [0.2, 0.25) is 5.88 Å². The maximum absolute atomic E-state index is 12.2. The molecule has 2 atom stereocenters. The summed E-state index contributed by atoms with van der Waals surface area (Å²) >= 11 is 0. The third-order valence-corrected chi connectivity index (χ3v) is 6.32. The van der Waals surface area contributed by atoms with E-state index in [1.165, 1.54) is 0 Å².